The number of halogens is 3. The maximum absolute atomic E-state index is 13.3. The number of likely N-dealkylation sites (tertiary alicyclic amines) is 1. The summed E-state index contributed by atoms with van der Waals surface area (Å²) in [6.45, 7) is 3.95. The number of allylic oxidation sites excluding steroid dienone is 2. The smallest absolute Gasteiger partial charge is 0.363 e. The van der Waals surface area contributed by atoms with E-state index in [1.807, 2.05) is 35.5 Å². The van der Waals surface area contributed by atoms with Crippen LogP contribution in [0.4, 0.5) is 13.2 Å². The predicted octanol–water partition coefficient (Wildman–Crippen LogP) is 4.04. The Morgan fingerprint density at radius 3 is 2.50 bits per heavy atom. The van der Waals surface area contributed by atoms with E-state index in [2.05, 4.69) is 5.32 Å². The first-order valence-electron chi connectivity index (χ1n) is 11.2. The van der Waals surface area contributed by atoms with E-state index in [4.69, 9.17) is 0 Å². The second-order valence-corrected chi connectivity index (χ2v) is 11.9. The molecule has 1 unspecified atom stereocenters. The number of hydrogen-bond donors (Lipinski definition) is 1. The minimum atomic E-state index is -4.62. The first-order chi connectivity index (χ1) is 15.9. The average Bonchev–Trinajstić information content (AvgIpc) is 3.21. The van der Waals surface area contributed by atoms with Gasteiger partial charge in [0.15, 0.2) is 9.84 Å². The van der Waals surface area contributed by atoms with Gasteiger partial charge in [0.05, 0.1) is 21.6 Å². The third-order valence-corrected chi connectivity index (χ3v) is 9.55. The maximum atomic E-state index is 13.3. The van der Waals surface area contributed by atoms with E-state index in [1.54, 1.807) is 18.7 Å². The fourth-order valence-electron chi connectivity index (χ4n) is 4.72. The molecule has 1 N–H and O–H groups in total. The highest BCUT2D eigenvalue weighted by molar-refractivity contribution is 7.92. The molecule has 3 aliphatic heterocycles. The highest BCUT2D eigenvalue weighted by Crippen LogP contribution is 2.39. The average molecular weight is 496 g/mol. The van der Waals surface area contributed by atoms with Gasteiger partial charge in [0, 0.05) is 31.2 Å². The molecule has 1 fully saturated rings. The zero-order valence-electron chi connectivity index (χ0n) is 19.0. The summed E-state index contributed by atoms with van der Waals surface area (Å²) < 4.78 is 64.7. The molecule has 0 aliphatic carbocycles. The second-order valence-electron chi connectivity index (χ2n) is 9.38. The van der Waals surface area contributed by atoms with Crippen LogP contribution in [0, 0.1) is 5.92 Å². The van der Waals surface area contributed by atoms with Gasteiger partial charge in [-0.2, -0.15) is 13.2 Å². The molecule has 0 spiro atoms. The van der Waals surface area contributed by atoms with E-state index in [-0.39, 0.29) is 29.3 Å². The van der Waals surface area contributed by atoms with Crippen molar-refractivity contribution in [3.63, 3.8) is 0 Å². The Balaban J connectivity index is 1.39. The largest absolute Gasteiger partial charge is 0.416 e. The molecule has 0 saturated carbocycles. The van der Waals surface area contributed by atoms with Crippen LogP contribution < -0.4 is 5.32 Å². The van der Waals surface area contributed by atoms with Crippen molar-refractivity contribution in [3.8, 4) is 0 Å². The van der Waals surface area contributed by atoms with Crippen molar-refractivity contribution in [3.05, 3.63) is 66.2 Å². The Morgan fingerprint density at radius 1 is 1.15 bits per heavy atom. The highest BCUT2D eigenvalue weighted by atomic mass is 32.2. The molecule has 1 aromatic carbocycles. The van der Waals surface area contributed by atoms with Crippen LogP contribution in [0.3, 0.4) is 0 Å². The minimum absolute atomic E-state index is 0.0143. The van der Waals surface area contributed by atoms with Crippen molar-refractivity contribution in [1.29, 1.82) is 0 Å². The molecule has 3 aliphatic rings. The van der Waals surface area contributed by atoms with Gasteiger partial charge in [-0.1, -0.05) is 12.1 Å². The fraction of sp³-hybridized carbons (Fsp3) is 0.458. The van der Waals surface area contributed by atoms with Crippen molar-refractivity contribution in [2.45, 2.75) is 55.1 Å². The Bertz CT molecular complexity index is 1150. The molecule has 34 heavy (non-hydrogen) atoms. The topological polar surface area (TPSA) is 69.7 Å². The van der Waals surface area contributed by atoms with E-state index < -0.39 is 26.3 Å². The van der Waals surface area contributed by atoms with Crippen LogP contribution in [0.15, 0.2) is 65.5 Å². The zero-order valence-corrected chi connectivity index (χ0v) is 19.9. The van der Waals surface area contributed by atoms with Gasteiger partial charge in [-0.3, -0.25) is 4.79 Å². The number of rotatable bonds is 5. The highest BCUT2D eigenvalue weighted by Gasteiger charge is 2.45. The Kier molecular flexibility index (Phi) is 6.30. The predicted molar refractivity (Wildman–Crippen MR) is 122 cm³/mol. The SMILES string of the molecule is CC(C)(C1CCN(C(=O)CC2=CN3C=CC=CC3N2)CC1)S(=O)(=O)c1cccc(C(F)(F)F)c1. The summed E-state index contributed by atoms with van der Waals surface area (Å²) in [6, 6.07) is 3.90. The van der Waals surface area contributed by atoms with Gasteiger partial charge in [0.25, 0.3) is 0 Å². The van der Waals surface area contributed by atoms with Crippen molar-refractivity contribution < 1.29 is 26.4 Å². The number of carbonyl (C=O) groups is 1. The standard InChI is InChI=1S/C24H28F3N3O3S/c1-23(2,34(32,33)20-7-5-6-18(14-20)24(25,26)27)17-9-12-29(13-10-17)22(31)15-19-16-30-11-4-3-8-21(30)28-19/h3-8,11,14,16-17,21,28H,9-10,12-13,15H2,1-2H3. The molecule has 3 heterocycles. The molecule has 0 bridgehead atoms. The van der Waals surface area contributed by atoms with E-state index in [9.17, 15) is 26.4 Å². The van der Waals surface area contributed by atoms with E-state index >= 15 is 0 Å². The molecule has 0 radical (unpaired) electrons. The number of amides is 1. The van der Waals surface area contributed by atoms with Gasteiger partial charge >= 0.3 is 6.18 Å². The Labute approximate surface area is 197 Å². The monoisotopic (exact) mass is 495 g/mol. The summed E-state index contributed by atoms with van der Waals surface area (Å²) in [5.41, 5.74) is -0.164. The van der Waals surface area contributed by atoms with E-state index in [1.165, 1.54) is 6.07 Å². The molecular weight excluding hydrogens is 467 g/mol. The lowest BCUT2D eigenvalue weighted by molar-refractivity contribution is -0.137. The summed E-state index contributed by atoms with van der Waals surface area (Å²) in [6.07, 6.45) is 6.22. The van der Waals surface area contributed by atoms with Crippen LogP contribution in [0.5, 0.6) is 0 Å². The molecule has 184 valence electrons. The molecule has 4 rings (SSSR count). The number of piperidine rings is 1. The van der Waals surface area contributed by atoms with Gasteiger partial charge in [0.1, 0.15) is 6.17 Å². The minimum Gasteiger partial charge on any atom is -0.363 e. The number of alkyl halides is 3. The number of hydrogen-bond acceptors (Lipinski definition) is 5. The lowest BCUT2D eigenvalue weighted by atomic mass is 9.85. The van der Waals surface area contributed by atoms with Crippen molar-refractivity contribution in [2.24, 2.45) is 5.92 Å². The summed E-state index contributed by atoms with van der Waals surface area (Å²) in [5.74, 6) is -0.326. The van der Waals surface area contributed by atoms with Gasteiger partial charge in [0.2, 0.25) is 5.91 Å². The molecular formula is C24H28F3N3O3S. The van der Waals surface area contributed by atoms with Crippen molar-refractivity contribution >= 4 is 15.7 Å². The lowest BCUT2D eigenvalue weighted by Gasteiger charge is -2.40. The van der Waals surface area contributed by atoms with Crippen LogP contribution in [0.25, 0.3) is 0 Å². The lowest BCUT2D eigenvalue weighted by Crippen LogP contribution is -2.47. The van der Waals surface area contributed by atoms with E-state index in [0.29, 0.717) is 32.0 Å². The van der Waals surface area contributed by atoms with Crippen LogP contribution in [-0.4, -0.2) is 48.1 Å². The third kappa shape index (κ3) is 4.60. The van der Waals surface area contributed by atoms with Gasteiger partial charge in [-0.25, -0.2) is 8.42 Å². The van der Waals surface area contributed by atoms with E-state index in [0.717, 1.165) is 17.8 Å². The van der Waals surface area contributed by atoms with Crippen LogP contribution in [0.1, 0.15) is 38.7 Å². The Morgan fingerprint density at radius 2 is 1.85 bits per heavy atom. The first kappa shape index (κ1) is 24.4. The third-order valence-electron chi connectivity index (χ3n) is 6.96. The molecule has 1 atom stereocenters. The Hall–Kier alpha value is -2.75. The zero-order chi connectivity index (χ0) is 24.7. The van der Waals surface area contributed by atoms with Crippen molar-refractivity contribution in [1.82, 2.24) is 15.1 Å². The van der Waals surface area contributed by atoms with Crippen molar-refractivity contribution in [2.75, 3.05) is 13.1 Å². The number of sulfone groups is 1. The molecule has 0 aromatic heterocycles. The van der Waals surface area contributed by atoms with Crippen LogP contribution in [-0.2, 0) is 20.8 Å². The normalized spacial score (nSPS) is 21.3. The molecule has 6 nitrogen and oxygen atoms in total. The number of nitrogens with one attached hydrogen (secondary N) is 1. The molecule has 1 saturated heterocycles. The molecule has 10 heteroatoms. The number of carbonyl (C=O) groups excluding carboxylic acids is 1. The van der Waals surface area contributed by atoms with Crippen LogP contribution >= 0.6 is 0 Å². The summed E-state index contributed by atoms with van der Waals surface area (Å²) in [4.78, 5) is 16.2. The second kappa shape index (κ2) is 8.79. The van der Waals surface area contributed by atoms with Crippen LogP contribution in [0.2, 0.25) is 0 Å². The maximum Gasteiger partial charge on any atom is 0.416 e. The number of fused-ring (bicyclic) bond motifs is 1. The summed E-state index contributed by atoms with van der Waals surface area (Å²) in [7, 11) is -4.03. The summed E-state index contributed by atoms with van der Waals surface area (Å²) >= 11 is 0. The number of benzene rings is 1. The molecule has 1 amide bonds. The fourth-order valence-corrected chi connectivity index (χ4v) is 6.54. The van der Waals surface area contributed by atoms with Gasteiger partial charge < -0.3 is 15.1 Å². The first-order valence-corrected chi connectivity index (χ1v) is 12.7. The van der Waals surface area contributed by atoms with Gasteiger partial charge in [-0.05, 0) is 63.0 Å². The van der Waals surface area contributed by atoms with Gasteiger partial charge in [-0.15, -0.1) is 0 Å². The molecule has 1 aromatic rings. The number of nitrogens with zero attached hydrogens (tertiary/aromatic N) is 2. The summed E-state index contributed by atoms with van der Waals surface area (Å²) in [5, 5.41) is 3.29. The quantitative estimate of drug-likeness (QED) is 0.668.